The SMILES string of the molecule is Cc1ccc2c(N3CC[C@@H](NC(=O)OC(C)(C)C)C3)nc(-c3ccccc3O)nc2c1.[HH].[HH].[HH]. The first kappa shape index (κ1) is 20.9. The number of aromatic hydroxyl groups is 1. The molecule has 1 saturated heterocycles. The highest BCUT2D eigenvalue weighted by molar-refractivity contribution is 5.92. The van der Waals surface area contributed by atoms with Crippen LogP contribution in [-0.2, 0) is 4.74 Å². The molecule has 0 aliphatic carbocycles. The Hall–Kier alpha value is -3.35. The summed E-state index contributed by atoms with van der Waals surface area (Å²) in [5.74, 6) is 1.43. The fourth-order valence-corrected chi connectivity index (χ4v) is 3.79. The fourth-order valence-electron chi connectivity index (χ4n) is 3.79. The maximum Gasteiger partial charge on any atom is 0.407 e. The molecule has 1 atom stereocenters. The minimum Gasteiger partial charge on any atom is -0.507 e. The van der Waals surface area contributed by atoms with E-state index in [4.69, 9.17) is 14.7 Å². The molecular formula is C24H34N4O3. The van der Waals surface area contributed by atoms with Crippen molar-refractivity contribution in [2.75, 3.05) is 18.0 Å². The number of para-hydroxylation sites is 1. The van der Waals surface area contributed by atoms with E-state index in [1.807, 2.05) is 58.0 Å². The number of carbonyl (C=O) groups is 1. The molecule has 1 amide bonds. The molecule has 2 heterocycles. The van der Waals surface area contributed by atoms with Gasteiger partial charge in [0.1, 0.15) is 17.2 Å². The van der Waals surface area contributed by atoms with Crippen LogP contribution in [0.3, 0.4) is 0 Å². The standard InChI is InChI=1S/C24H28N4O3.3H2/c1-15-9-10-17-19(13-15)26-21(18-7-5-6-8-20(18)29)27-22(17)28-12-11-16(14-28)25-23(30)31-24(2,3)4;;;/h5-10,13,16,29H,11-12,14H2,1-4H3,(H,25,30);3*1H/t16-;;;/m1.../s1. The number of alkyl carbamates (subject to hydrolysis) is 1. The quantitative estimate of drug-likeness (QED) is 0.602. The molecule has 0 spiro atoms. The Kier molecular flexibility index (Phi) is 5.43. The van der Waals surface area contributed by atoms with Crippen molar-refractivity contribution >= 4 is 22.8 Å². The number of phenols is 1. The number of aryl methyl sites for hydroxylation is 1. The lowest BCUT2D eigenvalue weighted by Crippen LogP contribution is -2.40. The lowest BCUT2D eigenvalue weighted by Gasteiger charge is -2.23. The van der Waals surface area contributed by atoms with Crippen LogP contribution in [0, 0.1) is 6.92 Å². The van der Waals surface area contributed by atoms with Gasteiger partial charge < -0.3 is 20.1 Å². The van der Waals surface area contributed by atoms with Gasteiger partial charge in [0.25, 0.3) is 0 Å². The highest BCUT2D eigenvalue weighted by Crippen LogP contribution is 2.33. The summed E-state index contributed by atoms with van der Waals surface area (Å²) in [7, 11) is 0. The summed E-state index contributed by atoms with van der Waals surface area (Å²) in [5, 5.41) is 14.2. The number of nitrogens with zero attached hydrogens (tertiary/aromatic N) is 3. The molecule has 1 aliphatic rings. The van der Waals surface area contributed by atoms with E-state index in [0.717, 1.165) is 35.2 Å². The zero-order valence-corrected chi connectivity index (χ0v) is 18.3. The van der Waals surface area contributed by atoms with Crippen molar-refractivity contribution in [1.29, 1.82) is 0 Å². The molecule has 2 aromatic carbocycles. The zero-order valence-electron chi connectivity index (χ0n) is 18.3. The number of anilines is 1. The Labute approximate surface area is 186 Å². The predicted octanol–water partition coefficient (Wildman–Crippen LogP) is 5.15. The van der Waals surface area contributed by atoms with Crippen LogP contribution >= 0.6 is 0 Å². The number of carbonyl (C=O) groups excluding carboxylic acids is 1. The number of ether oxygens (including phenoxy) is 1. The van der Waals surface area contributed by atoms with E-state index in [1.165, 1.54) is 0 Å². The molecule has 2 N–H and O–H groups in total. The molecule has 168 valence electrons. The molecular weight excluding hydrogens is 392 g/mol. The van der Waals surface area contributed by atoms with Crippen LogP contribution in [0.15, 0.2) is 42.5 Å². The average Bonchev–Trinajstić information content (AvgIpc) is 3.13. The Morgan fingerprint density at radius 2 is 2.00 bits per heavy atom. The number of hydrogen-bond acceptors (Lipinski definition) is 6. The number of phenolic OH excluding ortho intramolecular Hbond substituents is 1. The molecule has 1 aliphatic heterocycles. The van der Waals surface area contributed by atoms with Crippen LogP contribution in [0.1, 0.15) is 37.0 Å². The smallest absolute Gasteiger partial charge is 0.407 e. The second-order valence-electron chi connectivity index (χ2n) is 8.99. The van der Waals surface area contributed by atoms with Crippen LogP contribution in [-0.4, -0.2) is 45.9 Å². The Morgan fingerprint density at radius 1 is 1.23 bits per heavy atom. The van der Waals surface area contributed by atoms with Gasteiger partial charge >= 0.3 is 6.09 Å². The highest BCUT2D eigenvalue weighted by atomic mass is 16.6. The van der Waals surface area contributed by atoms with Crippen molar-refractivity contribution in [3.63, 3.8) is 0 Å². The van der Waals surface area contributed by atoms with E-state index < -0.39 is 11.7 Å². The molecule has 0 unspecified atom stereocenters. The molecule has 7 nitrogen and oxygen atoms in total. The predicted molar refractivity (Wildman–Crippen MR) is 128 cm³/mol. The largest absolute Gasteiger partial charge is 0.507 e. The molecule has 4 rings (SSSR count). The molecule has 7 heteroatoms. The van der Waals surface area contributed by atoms with Crippen LogP contribution in [0.25, 0.3) is 22.3 Å². The summed E-state index contributed by atoms with van der Waals surface area (Å²) in [6.07, 6.45) is 0.389. The first-order valence-corrected chi connectivity index (χ1v) is 10.5. The summed E-state index contributed by atoms with van der Waals surface area (Å²) >= 11 is 0. The van der Waals surface area contributed by atoms with Gasteiger partial charge in [-0.1, -0.05) is 18.2 Å². The number of benzene rings is 2. The number of rotatable bonds is 3. The lowest BCUT2D eigenvalue weighted by molar-refractivity contribution is 0.0509. The second kappa shape index (κ2) is 8.06. The minimum atomic E-state index is -0.532. The summed E-state index contributed by atoms with van der Waals surface area (Å²) in [5.41, 5.74) is 1.99. The van der Waals surface area contributed by atoms with Gasteiger partial charge in [0.05, 0.1) is 17.1 Å². The van der Waals surface area contributed by atoms with E-state index in [1.54, 1.807) is 12.1 Å². The normalized spacial score (nSPS) is 16.5. The van der Waals surface area contributed by atoms with E-state index >= 15 is 0 Å². The number of amides is 1. The van der Waals surface area contributed by atoms with Crippen molar-refractivity contribution in [2.24, 2.45) is 0 Å². The van der Waals surface area contributed by atoms with Gasteiger partial charge in [-0.15, -0.1) is 0 Å². The molecule has 1 fully saturated rings. The van der Waals surface area contributed by atoms with Crippen LogP contribution in [0.5, 0.6) is 5.75 Å². The number of hydrogen-bond donors (Lipinski definition) is 2. The van der Waals surface area contributed by atoms with Gasteiger partial charge in [-0.3, -0.25) is 0 Å². The van der Waals surface area contributed by atoms with E-state index in [9.17, 15) is 9.90 Å². The Bertz CT molecular complexity index is 1140. The Balaban J connectivity index is 0.00000193. The summed E-state index contributed by atoms with van der Waals surface area (Å²) in [6, 6.07) is 13.1. The van der Waals surface area contributed by atoms with Crippen molar-refractivity contribution in [2.45, 2.75) is 45.8 Å². The van der Waals surface area contributed by atoms with Gasteiger partial charge in [0.2, 0.25) is 0 Å². The summed E-state index contributed by atoms with van der Waals surface area (Å²) in [6.45, 7) is 8.95. The van der Waals surface area contributed by atoms with Gasteiger partial charge in [-0.05, 0) is 63.9 Å². The molecule has 31 heavy (non-hydrogen) atoms. The number of fused-ring (bicyclic) bond motifs is 1. The van der Waals surface area contributed by atoms with E-state index in [0.29, 0.717) is 17.9 Å². The summed E-state index contributed by atoms with van der Waals surface area (Å²) in [4.78, 5) is 23.9. The lowest BCUT2D eigenvalue weighted by atomic mass is 10.1. The topological polar surface area (TPSA) is 87.6 Å². The first-order chi connectivity index (χ1) is 14.7. The first-order valence-electron chi connectivity index (χ1n) is 10.5. The zero-order chi connectivity index (χ0) is 22.2. The van der Waals surface area contributed by atoms with Gasteiger partial charge in [0, 0.05) is 22.8 Å². The Morgan fingerprint density at radius 3 is 2.74 bits per heavy atom. The number of aromatic nitrogens is 2. The average molecular weight is 427 g/mol. The van der Waals surface area contributed by atoms with E-state index in [-0.39, 0.29) is 16.1 Å². The van der Waals surface area contributed by atoms with Gasteiger partial charge in [-0.25, -0.2) is 14.8 Å². The molecule has 0 bridgehead atoms. The highest BCUT2D eigenvalue weighted by Gasteiger charge is 2.28. The maximum atomic E-state index is 12.2. The second-order valence-corrected chi connectivity index (χ2v) is 8.99. The molecule has 3 aromatic rings. The third-order valence-corrected chi connectivity index (χ3v) is 5.19. The van der Waals surface area contributed by atoms with E-state index in [2.05, 4.69) is 10.2 Å². The minimum absolute atomic E-state index is 0. The van der Waals surface area contributed by atoms with Crippen molar-refractivity contribution < 1.29 is 18.9 Å². The van der Waals surface area contributed by atoms with Crippen molar-refractivity contribution in [3.05, 3.63) is 48.0 Å². The molecule has 0 radical (unpaired) electrons. The van der Waals surface area contributed by atoms with Gasteiger partial charge in [0.15, 0.2) is 5.82 Å². The third kappa shape index (κ3) is 4.71. The van der Waals surface area contributed by atoms with Crippen LogP contribution < -0.4 is 10.2 Å². The van der Waals surface area contributed by atoms with Crippen LogP contribution in [0.2, 0.25) is 0 Å². The molecule has 1 aromatic heterocycles. The summed E-state index contributed by atoms with van der Waals surface area (Å²) < 4.78 is 5.39. The van der Waals surface area contributed by atoms with Crippen molar-refractivity contribution in [3.8, 4) is 17.1 Å². The van der Waals surface area contributed by atoms with Crippen LogP contribution in [0.4, 0.5) is 10.6 Å². The fraction of sp³-hybridized carbons (Fsp3) is 0.375. The van der Waals surface area contributed by atoms with Gasteiger partial charge in [-0.2, -0.15) is 0 Å². The number of nitrogens with one attached hydrogen (secondary N) is 1. The monoisotopic (exact) mass is 426 g/mol. The third-order valence-electron chi connectivity index (χ3n) is 5.19. The maximum absolute atomic E-state index is 12.2. The molecule has 0 saturated carbocycles. The van der Waals surface area contributed by atoms with Crippen molar-refractivity contribution in [1.82, 2.24) is 15.3 Å².